The van der Waals surface area contributed by atoms with Crippen molar-refractivity contribution in [3.8, 4) is 5.75 Å². The summed E-state index contributed by atoms with van der Waals surface area (Å²) in [7, 11) is 0. The molecule has 1 unspecified atom stereocenters. The first-order valence-electron chi connectivity index (χ1n) is 7.21. The zero-order valence-electron chi connectivity index (χ0n) is 12.6. The maximum Gasteiger partial charge on any atom is 0.256 e. The molecule has 0 saturated heterocycles. The molecule has 1 aromatic carbocycles. The molecule has 1 N–H and O–H groups in total. The van der Waals surface area contributed by atoms with Crippen LogP contribution in [0, 0.1) is 0 Å². The number of benzene rings is 1. The van der Waals surface area contributed by atoms with Gasteiger partial charge in [-0.1, -0.05) is 11.6 Å². The summed E-state index contributed by atoms with van der Waals surface area (Å²) in [6, 6.07) is 3.34. The molecule has 2 heterocycles. The van der Waals surface area contributed by atoms with Crippen molar-refractivity contribution in [2.75, 3.05) is 0 Å². The van der Waals surface area contributed by atoms with Crippen LogP contribution in [0.15, 0.2) is 23.1 Å². The predicted octanol–water partition coefficient (Wildman–Crippen LogP) is 2.57. The summed E-state index contributed by atoms with van der Waals surface area (Å²) in [4.78, 5) is 25.0. The van der Waals surface area contributed by atoms with Gasteiger partial charge in [-0.15, -0.1) is 0 Å². The second kappa shape index (κ2) is 5.32. The van der Waals surface area contributed by atoms with Gasteiger partial charge in [0.2, 0.25) is 5.43 Å². The van der Waals surface area contributed by atoms with Crippen molar-refractivity contribution in [2.45, 2.75) is 39.5 Å². The molecule has 1 amide bonds. The van der Waals surface area contributed by atoms with Gasteiger partial charge in [0, 0.05) is 12.2 Å². The molecule has 3 rings (SSSR count). The van der Waals surface area contributed by atoms with Gasteiger partial charge in [0.15, 0.2) is 0 Å². The van der Waals surface area contributed by atoms with Crippen molar-refractivity contribution >= 4 is 28.4 Å². The van der Waals surface area contributed by atoms with E-state index in [0.717, 1.165) is 0 Å². The summed E-state index contributed by atoms with van der Waals surface area (Å²) in [5.41, 5.74) is 0.389. The van der Waals surface area contributed by atoms with Gasteiger partial charge in [-0.05, 0) is 32.9 Å². The topological polar surface area (TPSA) is 60.3 Å². The van der Waals surface area contributed by atoms with Crippen LogP contribution in [-0.2, 0) is 6.54 Å². The summed E-state index contributed by atoms with van der Waals surface area (Å²) in [5.74, 6) is 0.234. The molecular weight excluding hydrogens is 304 g/mol. The Balaban J connectivity index is 2.30. The van der Waals surface area contributed by atoms with Crippen LogP contribution in [0.25, 0.3) is 10.9 Å². The van der Waals surface area contributed by atoms with Gasteiger partial charge in [0.05, 0.1) is 22.5 Å². The fourth-order valence-corrected chi connectivity index (χ4v) is 2.97. The minimum atomic E-state index is -0.383. The zero-order valence-corrected chi connectivity index (χ0v) is 13.4. The second-order valence-corrected chi connectivity index (χ2v) is 6.26. The minimum absolute atomic E-state index is 0.0413. The van der Waals surface area contributed by atoms with Crippen molar-refractivity contribution in [1.82, 2.24) is 9.88 Å². The highest BCUT2D eigenvalue weighted by Gasteiger charge is 2.24. The Kier molecular flexibility index (Phi) is 3.60. The van der Waals surface area contributed by atoms with Crippen molar-refractivity contribution < 1.29 is 9.53 Å². The van der Waals surface area contributed by atoms with Crippen LogP contribution in [0.2, 0.25) is 5.02 Å². The third-order valence-corrected chi connectivity index (χ3v) is 3.90. The molecule has 0 bridgehead atoms. The molecule has 2 aromatic rings. The minimum Gasteiger partial charge on any atom is -0.487 e. The molecular formula is C16H17ClN2O3. The molecule has 0 aliphatic carbocycles. The average Bonchev–Trinajstić information content (AvgIpc) is 2.43. The highest BCUT2D eigenvalue weighted by atomic mass is 35.5. The standard InChI is InChI=1S/C16H17ClN2O3/c1-8(2)18-16(21)10-7-19-6-9(3)22-12-5-4-11(17)13(14(12)19)15(10)20/h4-5,7-9H,6H2,1-3H3,(H,18,21). The number of carbonyl (C=O) groups excluding carboxylic acids is 1. The molecule has 1 aliphatic heterocycles. The van der Waals surface area contributed by atoms with E-state index in [1.165, 1.54) is 0 Å². The first kappa shape index (κ1) is 14.9. The number of aromatic nitrogens is 1. The van der Waals surface area contributed by atoms with Crippen LogP contribution in [0.3, 0.4) is 0 Å². The largest absolute Gasteiger partial charge is 0.487 e. The molecule has 5 nitrogen and oxygen atoms in total. The van der Waals surface area contributed by atoms with E-state index < -0.39 is 0 Å². The van der Waals surface area contributed by atoms with Crippen molar-refractivity contribution in [2.24, 2.45) is 0 Å². The first-order valence-corrected chi connectivity index (χ1v) is 7.59. The smallest absolute Gasteiger partial charge is 0.256 e. The summed E-state index contributed by atoms with van der Waals surface area (Å²) in [6.07, 6.45) is 1.56. The summed E-state index contributed by atoms with van der Waals surface area (Å²) in [6.45, 7) is 6.20. The molecule has 0 fully saturated rings. The number of nitrogens with zero attached hydrogens (tertiary/aromatic N) is 1. The molecule has 1 atom stereocenters. The van der Waals surface area contributed by atoms with E-state index in [1.54, 1.807) is 18.3 Å². The van der Waals surface area contributed by atoms with Gasteiger partial charge in [-0.25, -0.2) is 0 Å². The van der Waals surface area contributed by atoms with E-state index in [4.69, 9.17) is 16.3 Å². The number of amides is 1. The normalized spacial score (nSPS) is 16.7. The average molecular weight is 321 g/mol. The lowest BCUT2D eigenvalue weighted by molar-refractivity contribution is 0.0940. The number of hydrogen-bond donors (Lipinski definition) is 1. The van der Waals surface area contributed by atoms with Crippen LogP contribution in [0.1, 0.15) is 31.1 Å². The van der Waals surface area contributed by atoms with Crippen LogP contribution >= 0.6 is 11.6 Å². The van der Waals surface area contributed by atoms with Gasteiger partial charge in [-0.3, -0.25) is 9.59 Å². The Labute approximate surface area is 132 Å². The number of rotatable bonds is 2. The monoisotopic (exact) mass is 320 g/mol. The Hall–Kier alpha value is -2.01. The molecule has 116 valence electrons. The lowest BCUT2D eigenvalue weighted by Crippen LogP contribution is -2.35. The van der Waals surface area contributed by atoms with Crippen molar-refractivity contribution in [3.63, 3.8) is 0 Å². The second-order valence-electron chi connectivity index (χ2n) is 5.85. The lowest BCUT2D eigenvalue weighted by atomic mass is 10.1. The molecule has 1 aliphatic rings. The Morgan fingerprint density at radius 2 is 2.18 bits per heavy atom. The number of nitrogens with one attached hydrogen (secondary N) is 1. The SMILES string of the molecule is CC(C)NC(=O)c1cn2c3c(ccc(Cl)c3c1=O)OC(C)C2. The number of hydrogen-bond acceptors (Lipinski definition) is 3. The molecule has 22 heavy (non-hydrogen) atoms. The van der Waals surface area contributed by atoms with E-state index in [1.807, 2.05) is 25.3 Å². The van der Waals surface area contributed by atoms with Crippen LogP contribution in [0.5, 0.6) is 5.75 Å². The van der Waals surface area contributed by atoms with Crippen molar-refractivity contribution in [1.29, 1.82) is 0 Å². The number of pyridine rings is 1. The Morgan fingerprint density at radius 3 is 2.86 bits per heavy atom. The predicted molar refractivity (Wildman–Crippen MR) is 85.9 cm³/mol. The lowest BCUT2D eigenvalue weighted by Gasteiger charge is -2.26. The van der Waals surface area contributed by atoms with Crippen molar-refractivity contribution in [3.05, 3.63) is 39.1 Å². The van der Waals surface area contributed by atoms with E-state index in [9.17, 15) is 9.59 Å². The fraction of sp³-hybridized carbons (Fsp3) is 0.375. The maximum absolute atomic E-state index is 12.7. The Morgan fingerprint density at radius 1 is 1.45 bits per heavy atom. The quantitative estimate of drug-likeness (QED) is 0.925. The molecule has 0 spiro atoms. The summed E-state index contributed by atoms with van der Waals surface area (Å²) >= 11 is 6.21. The van der Waals surface area contributed by atoms with E-state index in [-0.39, 0.29) is 29.0 Å². The van der Waals surface area contributed by atoms with Crippen LogP contribution in [0.4, 0.5) is 0 Å². The number of halogens is 1. The highest BCUT2D eigenvalue weighted by molar-refractivity contribution is 6.35. The number of ether oxygens (including phenoxy) is 1. The third kappa shape index (κ3) is 2.35. The molecule has 0 saturated carbocycles. The van der Waals surface area contributed by atoms with Gasteiger partial charge in [0.25, 0.3) is 5.91 Å². The van der Waals surface area contributed by atoms with E-state index >= 15 is 0 Å². The summed E-state index contributed by atoms with van der Waals surface area (Å²) < 4.78 is 7.64. The van der Waals surface area contributed by atoms with Crippen LogP contribution < -0.4 is 15.5 Å². The molecule has 0 radical (unpaired) electrons. The molecule has 1 aromatic heterocycles. The highest BCUT2D eigenvalue weighted by Crippen LogP contribution is 2.33. The third-order valence-electron chi connectivity index (χ3n) is 3.58. The molecule has 6 heteroatoms. The van der Waals surface area contributed by atoms with E-state index in [2.05, 4.69) is 5.32 Å². The summed E-state index contributed by atoms with van der Waals surface area (Å²) in [5, 5.41) is 3.42. The van der Waals surface area contributed by atoms with Gasteiger partial charge < -0.3 is 14.6 Å². The van der Waals surface area contributed by atoms with Gasteiger partial charge in [-0.2, -0.15) is 0 Å². The zero-order chi connectivity index (χ0) is 16.0. The number of carbonyl (C=O) groups is 1. The maximum atomic E-state index is 12.7. The van der Waals surface area contributed by atoms with Gasteiger partial charge >= 0.3 is 0 Å². The van der Waals surface area contributed by atoms with Gasteiger partial charge in [0.1, 0.15) is 17.4 Å². The Bertz CT molecular complexity index is 826. The van der Waals surface area contributed by atoms with E-state index in [0.29, 0.717) is 28.2 Å². The fourth-order valence-electron chi connectivity index (χ4n) is 2.73. The first-order chi connectivity index (χ1) is 10.4. The van der Waals surface area contributed by atoms with Crippen LogP contribution in [-0.4, -0.2) is 22.6 Å².